The Morgan fingerprint density at radius 1 is 1.17 bits per heavy atom. The third kappa shape index (κ3) is 6.67. The Morgan fingerprint density at radius 2 is 1.88 bits per heavy atom. The molecule has 0 spiro atoms. The van der Waals surface area contributed by atoms with Gasteiger partial charge < -0.3 is 20.3 Å². The molecule has 24 heavy (non-hydrogen) atoms. The van der Waals surface area contributed by atoms with Crippen molar-refractivity contribution < 1.29 is 9.53 Å². The molecule has 0 saturated heterocycles. The van der Waals surface area contributed by atoms with Gasteiger partial charge in [-0.05, 0) is 39.5 Å². The number of guanidine groups is 1. The van der Waals surface area contributed by atoms with Crippen LogP contribution in [-0.2, 0) is 9.53 Å². The van der Waals surface area contributed by atoms with Crippen LogP contribution in [0, 0.1) is 5.41 Å². The summed E-state index contributed by atoms with van der Waals surface area (Å²) in [5, 5.41) is 6.64. The van der Waals surface area contributed by atoms with Crippen LogP contribution in [0.5, 0.6) is 0 Å². The van der Waals surface area contributed by atoms with Crippen LogP contribution in [0.4, 0.5) is 0 Å². The first-order chi connectivity index (χ1) is 11.6. The van der Waals surface area contributed by atoms with Crippen molar-refractivity contribution in [2.45, 2.75) is 52.4 Å². The van der Waals surface area contributed by atoms with Crippen LogP contribution in [0.3, 0.4) is 0 Å². The molecule has 6 heteroatoms. The predicted molar refractivity (Wildman–Crippen MR) is 99.3 cm³/mol. The SMILES string of the molecule is CCNC(=NCC1(C(=O)N(C)C)CCCC1)NCCCCOCC. The maximum absolute atomic E-state index is 12.6. The van der Waals surface area contributed by atoms with Crippen molar-refractivity contribution in [2.24, 2.45) is 10.4 Å². The molecular weight excluding hydrogens is 304 g/mol. The molecule has 2 N–H and O–H groups in total. The molecule has 0 radical (unpaired) electrons. The summed E-state index contributed by atoms with van der Waals surface area (Å²) in [6, 6.07) is 0. The number of nitrogens with one attached hydrogen (secondary N) is 2. The van der Waals surface area contributed by atoms with Crippen molar-refractivity contribution >= 4 is 11.9 Å². The normalized spacial score (nSPS) is 16.9. The second-order valence-electron chi connectivity index (χ2n) is 6.71. The average Bonchev–Trinajstić information content (AvgIpc) is 3.05. The fourth-order valence-electron chi connectivity index (χ4n) is 3.22. The Hall–Kier alpha value is -1.30. The number of carbonyl (C=O) groups is 1. The summed E-state index contributed by atoms with van der Waals surface area (Å²) in [4.78, 5) is 19.0. The van der Waals surface area contributed by atoms with E-state index in [4.69, 9.17) is 9.73 Å². The topological polar surface area (TPSA) is 66.0 Å². The van der Waals surface area contributed by atoms with E-state index in [1.54, 1.807) is 4.90 Å². The van der Waals surface area contributed by atoms with Gasteiger partial charge in [0.15, 0.2) is 5.96 Å². The van der Waals surface area contributed by atoms with Gasteiger partial charge in [-0.2, -0.15) is 0 Å². The third-order valence-electron chi connectivity index (χ3n) is 4.52. The summed E-state index contributed by atoms with van der Waals surface area (Å²) in [7, 11) is 3.68. The maximum atomic E-state index is 12.6. The van der Waals surface area contributed by atoms with Gasteiger partial charge in [0.1, 0.15) is 0 Å². The fraction of sp³-hybridized carbons (Fsp3) is 0.889. The number of amides is 1. The van der Waals surface area contributed by atoms with Crippen LogP contribution in [0.25, 0.3) is 0 Å². The lowest BCUT2D eigenvalue weighted by atomic mass is 9.85. The van der Waals surface area contributed by atoms with Crippen LogP contribution in [0.1, 0.15) is 52.4 Å². The fourth-order valence-corrected chi connectivity index (χ4v) is 3.22. The zero-order valence-electron chi connectivity index (χ0n) is 16.0. The number of nitrogens with zero attached hydrogens (tertiary/aromatic N) is 2. The Balaban J connectivity index is 2.54. The van der Waals surface area contributed by atoms with E-state index in [1.165, 1.54) is 0 Å². The lowest BCUT2D eigenvalue weighted by Gasteiger charge is -2.29. The molecule has 0 aromatic heterocycles. The van der Waals surface area contributed by atoms with Gasteiger partial charge in [-0.25, -0.2) is 0 Å². The van der Waals surface area contributed by atoms with E-state index in [0.29, 0.717) is 6.54 Å². The van der Waals surface area contributed by atoms with E-state index in [2.05, 4.69) is 17.6 Å². The van der Waals surface area contributed by atoms with Gasteiger partial charge in [-0.3, -0.25) is 9.79 Å². The van der Waals surface area contributed by atoms with E-state index in [9.17, 15) is 4.79 Å². The van der Waals surface area contributed by atoms with E-state index in [-0.39, 0.29) is 11.3 Å². The number of rotatable bonds is 10. The summed E-state index contributed by atoms with van der Waals surface area (Å²) >= 11 is 0. The molecule has 1 saturated carbocycles. The molecule has 140 valence electrons. The lowest BCUT2D eigenvalue weighted by molar-refractivity contribution is -0.138. The first-order valence-corrected chi connectivity index (χ1v) is 9.37. The van der Waals surface area contributed by atoms with Crippen molar-refractivity contribution in [2.75, 3.05) is 46.9 Å². The maximum Gasteiger partial charge on any atom is 0.230 e. The van der Waals surface area contributed by atoms with Gasteiger partial charge in [-0.1, -0.05) is 12.8 Å². The van der Waals surface area contributed by atoms with Gasteiger partial charge in [0.05, 0.1) is 12.0 Å². The summed E-state index contributed by atoms with van der Waals surface area (Å²) in [6.07, 6.45) is 6.23. The molecule has 0 heterocycles. The highest BCUT2D eigenvalue weighted by atomic mass is 16.5. The number of unbranched alkanes of at least 4 members (excludes halogenated alkanes) is 1. The third-order valence-corrected chi connectivity index (χ3v) is 4.52. The molecule has 0 bridgehead atoms. The van der Waals surface area contributed by atoms with E-state index >= 15 is 0 Å². The first-order valence-electron chi connectivity index (χ1n) is 9.37. The molecule has 1 aliphatic rings. The van der Waals surface area contributed by atoms with Gasteiger partial charge >= 0.3 is 0 Å². The zero-order chi connectivity index (χ0) is 17.8. The van der Waals surface area contributed by atoms with Crippen LogP contribution < -0.4 is 10.6 Å². The number of hydrogen-bond acceptors (Lipinski definition) is 3. The molecule has 0 atom stereocenters. The van der Waals surface area contributed by atoms with E-state index < -0.39 is 0 Å². The molecule has 0 aromatic rings. The van der Waals surface area contributed by atoms with Crippen molar-refractivity contribution in [3.05, 3.63) is 0 Å². The lowest BCUT2D eigenvalue weighted by Crippen LogP contribution is -2.43. The molecule has 1 rings (SSSR count). The van der Waals surface area contributed by atoms with Crippen molar-refractivity contribution in [3.8, 4) is 0 Å². The Kier molecular flexibility index (Phi) is 9.76. The monoisotopic (exact) mass is 340 g/mol. The molecule has 6 nitrogen and oxygen atoms in total. The Bertz CT molecular complexity index is 390. The summed E-state index contributed by atoms with van der Waals surface area (Å²) in [6.45, 7) is 7.92. The van der Waals surface area contributed by atoms with Crippen LogP contribution in [0.15, 0.2) is 4.99 Å². The Morgan fingerprint density at radius 3 is 2.46 bits per heavy atom. The molecule has 1 fully saturated rings. The number of ether oxygens (including phenoxy) is 1. The van der Waals surface area contributed by atoms with Gasteiger partial charge in [0, 0.05) is 40.4 Å². The second-order valence-corrected chi connectivity index (χ2v) is 6.71. The van der Waals surface area contributed by atoms with Crippen molar-refractivity contribution in [3.63, 3.8) is 0 Å². The highest BCUT2D eigenvalue weighted by Gasteiger charge is 2.41. The Labute approximate surface area is 147 Å². The molecule has 1 amide bonds. The highest BCUT2D eigenvalue weighted by Crippen LogP contribution is 2.39. The zero-order valence-corrected chi connectivity index (χ0v) is 16.0. The quantitative estimate of drug-likeness (QED) is 0.363. The standard InChI is InChI=1S/C18H36N4O2/c1-5-19-17(20-13-9-10-14-24-6-2)21-15-18(11-7-8-12-18)16(23)22(3)4/h5-15H2,1-4H3,(H2,19,20,21). The molecule has 0 aliphatic heterocycles. The van der Waals surface area contributed by atoms with Gasteiger partial charge in [0.2, 0.25) is 5.91 Å². The molecule has 0 unspecified atom stereocenters. The van der Waals surface area contributed by atoms with E-state index in [0.717, 1.165) is 70.8 Å². The summed E-state index contributed by atoms with van der Waals surface area (Å²) in [5.74, 6) is 1.03. The van der Waals surface area contributed by atoms with Gasteiger partial charge in [0.25, 0.3) is 0 Å². The minimum Gasteiger partial charge on any atom is -0.382 e. The predicted octanol–water partition coefficient (Wildman–Crippen LogP) is 2.01. The van der Waals surface area contributed by atoms with E-state index in [1.807, 2.05) is 21.0 Å². The largest absolute Gasteiger partial charge is 0.382 e. The molecular formula is C18H36N4O2. The smallest absolute Gasteiger partial charge is 0.230 e. The second kappa shape index (κ2) is 11.3. The van der Waals surface area contributed by atoms with Crippen LogP contribution in [0.2, 0.25) is 0 Å². The van der Waals surface area contributed by atoms with Crippen molar-refractivity contribution in [1.29, 1.82) is 0 Å². The number of carbonyl (C=O) groups excluding carboxylic acids is 1. The summed E-state index contributed by atoms with van der Waals surface area (Å²) in [5.41, 5.74) is -0.305. The highest BCUT2D eigenvalue weighted by molar-refractivity contribution is 5.84. The minimum absolute atomic E-state index is 0.219. The first kappa shape index (κ1) is 20.7. The molecule has 0 aromatic carbocycles. The number of aliphatic imine (C=N–C) groups is 1. The van der Waals surface area contributed by atoms with Gasteiger partial charge in [-0.15, -0.1) is 0 Å². The van der Waals surface area contributed by atoms with Crippen LogP contribution >= 0.6 is 0 Å². The summed E-state index contributed by atoms with van der Waals surface area (Å²) < 4.78 is 5.35. The number of hydrogen-bond donors (Lipinski definition) is 2. The molecule has 1 aliphatic carbocycles. The average molecular weight is 341 g/mol. The van der Waals surface area contributed by atoms with Crippen molar-refractivity contribution in [1.82, 2.24) is 15.5 Å². The van der Waals surface area contributed by atoms with Crippen LogP contribution in [-0.4, -0.2) is 63.7 Å². The minimum atomic E-state index is -0.305.